The summed E-state index contributed by atoms with van der Waals surface area (Å²) in [4.78, 5) is 12.0. The van der Waals surface area contributed by atoms with Crippen LogP contribution in [0.1, 0.15) is 29.6 Å². The van der Waals surface area contributed by atoms with E-state index in [0.29, 0.717) is 22.9 Å². The summed E-state index contributed by atoms with van der Waals surface area (Å²) < 4.78 is 0. The first kappa shape index (κ1) is 11.6. The van der Waals surface area contributed by atoms with Gasteiger partial charge in [-0.05, 0) is 44.0 Å². The molecule has 2 nitrogen and oxygen atoms in total. The van der Waals surface area contributed by atoms with Crippen LogP contribution in [0.25, 0.3) is 0 Å². The van der Waals surface area contributed by atoms with Crippen LogP contribution in [-0.2, 0) is 0 Å². The van der Waals surface area contributed by atoms with Crippen molar-refractivity contribution < 1.29 is 4.79 Å². The van der Waals surface area contributed by atoms with Gasteiger partial charge in [0.05, 0.1) is 5.02 Å². The Kier molecular flexibility index (Phi) is 3.97. The first-order chi connectivity index (χ1) is 7.77. The minimum absolute atomic E-state index is 0.166. The summed E-state index contributed by atoms with van der Waals surface area (Å²) in [6, 6.07) is 7.29. The van der Waals surface area contributed by atoms with Crippen molar-refractivity contribution >= 4 is 17.4 Å². The van der Waals surface area contributed by atoms with E-state index < -0.39 is 0 Å². The zero-order valence-corrected chi connectivity index (χ0v) is 9.96. The molecular formula is C13H16ClNO. The predicted octanol–water partition coefficient (Wildman–Crippen LogP) is 2.91. The largest absolute Gasteiger partial charge is 0.316 e. The van der Waals surface area contributed by atoms with Crippen LogP contribution >= 0.6 is 11.6 Å². The van der Waals surface area contributed by atoms with Gasteiger partial charge in [-0.25, -0.2) is 0 Å². The summed E-state index contributed by atoms with van der Waals surface area (Å²) >= 11 is 6.00. The van der Waals surface area contributed by atoms with Crippen molar-refractivity contribution in [2.24, 2.45) is 5.92 Å². The van der Waals surface area contributed by atoms with Gasteiger partial charge in [0.2, 0.25) is 0 Å². The van der Waals surface area contributed by atoms with Crippen molar-refractivity contribution in [3.05, 3.63) is 34.9 Å². The molecule has 3 heteroatoms. The maximum Gasteiger partial charge on any atom is 0.164 e. The van der Waals surface area contributed by atoms with Crippen molar-refractivity contribution in [2.75, 3.05) is 13.1 Å². The molecule has 0 saturated carbocycles. The lowest BCUT2D eigenvalue weighted by atomic mass is 9.92. The second-order valence-electron chi connectivity index (χ2n) is 4.32. The molecule has 0 bridgehead atoms. The third kappa shape index (κ3) is 2.83. The molecule has 1 aromatic carbocycles. The average molecular weight is 238 g/mol. The number of nitrogens with one attached hydrogen (secondary N) is 1. The van der Waals surface area contributed by atoms with Crippen LogP contribution in [0.4, 0.5) is 0 Å². The standard InChI is InChI=1S/C13H16ClNO/c14-12-6-2-1-5-11(12)13(16)8-10-4-3-7-15-9-10/h1-2,5-6,10,15H,3-4,7-9H2. The van der Waals surface area contributed by atoms with Gasteiger partial charge in [0.15, 0.2) is 5.78 Å². The number of rotatable bonds is 3. The Morgan fingerprint density at radius 2 is 2.25 bits per heavy atom. The molecule has 0 aliphatic carbocycles. The third-order valence-electron chi connectivity index (χ3n) is 3.05. The van der Waals surface area contributed by atoms with E-state index in [1.807, 2.05) is 12.1 Å². The zero-order chi connectivity index (χ0) is 11.4. The predicted molar refractivity (Wildman–Crippen MR) is 66.0 cm³/mol. The molecule has 1 aliphatic heterocycles. The van der Waals surface area contributed by atoms with Gasteiger partial charge in [-0.3, -0.25) is 4.79 Å². The highest BCUT2D eigenvalue weighted by molar-refractivity contribution is 6.33. The third-order valence-corrected chi connectivity index (χ3v) is 3.38. The SMILES string of the molecule is O=C(CC1CCCNC1)c1ccccc1Cl. The van der Waals surface area contributed by atoms with Crippen LogP contribution in [0.15, 0.2) is 24.3 Å². The normalized spacial score (nSPS) is 20.7. The van der Waals surface area contributed by atoms with E-state index in [4.69, 9.17) is 11.6 Å². The minimum Gasteiger partial charge on any atom is -0.316 e. The van der Waals surface area contributed by atoms with E-state index in [1.165, 1.54) is 6.42 Å². The molecule has 0 aromatic heterocycles. The Balaban J connectivity index is 2.00. The number of ketones is 1. The van der Waals surface area contributed by atoms with Gasteiger partial charge in [0.25, 0.3) is 0 Å². The van der Waals surface area contributed by atoms with Gasteiger partial charge >= 0.3 is 0 Å². The molecular weight excluding hydrogens is 222 g/mol. The number of hydrogen-bond acceptors (Lipinski definition) is 2. The molecule has 1 fully saturated rings. The number of halogens is 1. The van der Waals surface area contributed by atoms with E-state index in [2.05, 4.69) is 5.32 Å². The van der Waals surface area contributed by atoms with E-state index in [1.54, 1.807) is 12.1 Å². The monoisotopic (exact) mass is 237 g/mol. The number of carbonyl (C=O) groups excluding carboxylic acids is 1. The number of carbonyl (C=O) groups is 1. The van der Waals surface area contributed by atoms with E-state index in [0.717, 1.165) is 19.5 Å². The number of hydrogen-bond donors (Lipinski definition) is 1. The molecule has 16 heavy (non-hydrogen) atoms. The topological polar surface area (TPSA) is 29.1 Å². The van der Waals surface area contributed by atoms with Crippen LogP contribution in [0.2, 0.25) is 5.02 Å². The highest BCUT2D eigenvalue weighted by Crippen LogP contribution is 2.21. The Morgan fingerprint density at radius 3 is 2.94 bits per heavy atom. The zero-order valence-electron chi connectivity index (χ0n) is 9.21. The summed E-state index contributed by atoms with van der Waals surface area (Å²) in [5.74, 6) is 0.636. The summed E-state index contributed by atoms with van der Waals surface area (Å²) in [7, 11) is 0. The van der Waals surface area contributed by atoms with Crippen molar-refractivity contribution in [1.29, 1.82) is 0 Å². The maximum atomic E-state index is 12.0. The molecule has 1 unspecified atom stereocenters. The summed E-state index contributed by atoms with van der Waals surface area (Å²) in [6.45, 7) is 2.03. The van der Waals surface area contributed by atoms with Crippen LogP contribution < -0.4 is 5.32 Å². The van der Waals surface area contributed by atoms with E-state index >= 15 is 0 Å². The number of Topliss-reactive ketones (excluding diaryl/α,β-unsaturated/α-hetero) is 1. The summed E-state index contributed by atoms with van der Waals surface area (Å²) in [5, 5.41) is 3.89. The molecule has 1 atom stereocenters. The second-order valence-corrected chi connectivity index (χ2v) is 4.73. The van der Waals surface area contributed by atoms with Crippen molar-refractivity contribution in [2.45, 2.75) is 19.3 Å². The van der Waals surface area contributed by atoms with Gasteiger partial charge in [-0.1, -0.05) is 23.7 Å². The van der Waals surface area contributed by atoms with Gasteiger partial charge in [-0.2, -0.15) is 0 Å². The van der Waals surface area contributed by atoms with E-state index in [9.17, 15) is 4.79 Å². The molecule has 0 radical (unpaired) electrons. The van der Waals surface area contributed by atoms with E-state index in [-0.39, 0.29) is 5.78 Å². The molecule has 1 heterocycles. The first-order valence-electron chi connectivity index (χ1n) is 5.76. The lowest BCUT2D eigenvalue weighted by Crippen LogP contribution is -2.31. The molecule has 1 N–H and O–H groups in total. The molecule has 0 spiro atoms. The Bertz CT molecular complexity index is 372. The van der Waals surface area contributed by atoms with Crippen LogP contribution in [0.5, 0.6) is 0 Å². The minimum atomic E-state index is 0.166. The molecule has 1 aliphatic rings. The molecule has 1 aromatic rings. The average Bonchev–Trinajstić information content (AvgIpc) is 2.31. The molecule has 0 amide bonds. The smallest absolute Gasteiger partial charge is 0.164 e. The lowest BCUT2D eigenvalue weighted by Gasteiger charge is -2.22. The fourth-order valence-electron chi connectivity index (χ4n) is 2.16. The fourth-order valence-corrected chi connectivity index (χ4v) is 2.40. The summed E-state index contributed by atoms with van der Waals surface area (Å²) in [5.41, 5.74) is 0.662. The lowest BCUT2D eigenvalue weighted by molar-refractivity contribution is 0.0954. The highest BCUT2D eigenvalue weighted by atomic mass is 35.5. The van der Waals surface area contributed by atoms with Crippen molar-refractivity contribution in [3.8, 4) is 0 Å². The summed E-state index contributed by atoms with van der Waals surface area (Å²) in [6.07, 6.45) is 2.92. The van der Waals surface area contributed by atoms with Crippen LogP contribution in [0, 0.1) is 5.92 Å². The maximum absolute atomic E-state index is 12.0. The van der Waals surface area contributed by atoms with Gasteiger partial charge in [0.1, 0.15) is 0 Å². The first-order valence-corrected chi connectivity index (χ1v) is 6.13. The molecule has 86 valence electrons. The number of piperidine rings is 1. The number of benzene rings is 1. The van der Waals surface area contributed by atoms with Gasteiger partial charge in [-0.15, -0.1) is 0 Å². The highest BCUT2D eigenvalue weighted by Gasteiger charge is 2.18. The van der Waals surface area contributed by atoms with Gasteiger partial charge < -0.3 is 5.32 Å². The quantitative estimate of drug-likeness (QED) is 0.819. The fraction of sp³-hybridized carbons (Fsp3) is 0.462. The van der Waals surface area contributed by atoms with Gasteiger partial charge in [0, 0.05) is 12.0 Å². The van der Waals surface area contributed by atoms with Crippen LogP contribution in [0.3, 0.4) is 0 Å². The van der Waals surface area contributed by atoms with Crippen LogP contribution in [-0.4, -0.2) is 18.9 Å². The second kappa shape index (κ2) is 5.46. The Labute approximate surface area is 101 Å². The van der Waals surface area contributed by atoms with Crippen molar-refractivity contribution in [3.63, 3.8) is 0 Å². The van der Waals surface area contributed by atoms with Crippen molar-refractivity contribution in [1.82, 2.24) is 5.32 Å². The molecule has 1 saturated heterocycles. The molecule has 2 rings (SSSR count). The Morgan fingerprint density at radius 1 is 1.44 bits per heavy atom. The Hall–Kier alpha value is -0.860.